The van der Waals surface area contributed by atoms with Crippen molar-refractivity contribution >= 4 is 45.9 Å². The maximum Gasteiger partial charge on any atom is 0.223 e. The van der Waals surface area contributed by atoms with Gasteiger partial charge in [-0.1, -0.05) is 37.9 Å². The molecule has 1 aliphatic heterocycles. The van der Waals surface area contributed by atoms with Crippen molar-refractivity contribution in [2.45, 2.75) is 52.5 Å². The molecule has 2 aliphatic rings. The minimum atomic E-state index is 0.106. The lowest BCUT2D eigenvalue weighted by Crippen LogP contribution is -2.37. The summed E-state index contributed by atoms with van der Waals surface area (Å²) in [4.78, 5) is 23.3. The van der Waals surface area contributed by atoms with Gasteiger partial charge in [-0.2, -0.15) is 0 Å². The van der Waals surface area contributed by atoms with Crippen molar-refractivity contribution in [2.24, 2.45) is 17.8 Å². The van der Waals surface area contributed by atoms with Crippen LogP contribution in [0.1, 0.15) is 51.5 Å². The number of anilines is 3. The summed E-state index contributed by atoms with van der Waals surface area (Å²) in [7, 11) is 0. The SMILES string of the molecule is CC1CC[C@H](C)C[C@H]1C(=O)NCc1ccc(Cl)c(Nc2nc3ccc(N4CCCC4)cc3[nH]2)c1. The number of fused-ring (bicyclic) bond motifs is 1. The van der Waals surface area contributed by atoms with Crippen molar-refractivity contribution in [1.82, 2.24) is 15.3 Å². The fourth-order valence-electron chi connectivity index (χ4n) is 5.35. The first kappa shape index (κ1) is 23.0. The summed E-state index contributed by atoms with van der Waals surface area (Å²) < 4.78 is 0. The predicted octanol–water partition coefficient (Wildman–Crippen LogP) is 6.25. The van der Waals surface area contributed by atoms with E-state index in [0.717, 1.165) is 48.2 Å². The Kier molecular flexibility index (Phi) is 6.68. The number of carbonyl (C=O) groups excluding carboxylic acids is 1. The Morgan fingerprint density at radius 3 is 2.79 bits per heavy atom. The molecule has 0 spiro atoms. The highest BCUT2D eigenvalue weighted by Gasteiger charge is 2.30. The molecule has 0 radical (unpaired) electrons. The summed E-state index contributed by atoms with van der Waals surface area (Å²) in [6, 6.07) is 12.2. The molecule has 0 bridgehead atoms. The molecular weight excluding hydrogens is 446 g/mol. The van der Waals surface area contributed by atoms with E-state index < -0.39 is 0 Å². The number of aromatic nitrogens is 2. The van der Waals surface area contributed by atoms with Crippen LogP contribution in [0.3, 0.4) is 0 Å². The van der Waals surface area contributed by atoms with Gasteiger partial charge in [-0.3, -0.25) is 4.79 Å². The standard InChI is InChI=1S/C27H34ClN5O/c1-17-5-6-18(2)21(13-17)26(34)29-16-19-7-9-22(28)24(14-19)31-27-30-23-10-8-20(15-25(23)32-27)33-11-3-4-12-33/h7-10,14-15,17-18,21H,3-6,11-13,16H2,1-2H3,(H,29,34)(H2,30,31,32)/t17-,18?,21+/m0/s1. The third-order valence-corrected chi connectivity index (χ3v) is 7.81. The van der Waals surface area contributed by atoms with Crippen LogP contribution in [0.2, 0.25) is 5.02 Å². The van der Waals surface area contributed by atoms with Crippen LogP contribution in [-0.2, 0) is 11.3 Å². The van der Waals surface area contributed by atoms with Crippen LogP contribution in [-0.4, -0.2) is 29.0 Å². The van der Waals surface area contributed by atoms with Crippen molar-refractivity contribution in [1.29, 1.82) is 0 Å². The third-order valence-electron chi connectivity index (χ3n) is 7.48. The first-order valence-corrected chi connectivity index (χ1v) is 12.9. The number of hydrogen-bond acceptors (Lipinski definition) is 4. The van der Waals surface area contributed by atoms with Crippen LogP contribution in [0.4, 0.5) is 17.3 Å². The number of halogens is 1. The van der Waals surface area contributed by atoms with Gasteiger partial charge in [0.15, 0.2) is 0 Å². The zero-order chi connectivity index (χ0) is 23.7. The Bertz CT molecular complexity index is 1170. The first-order valence-electron chi connectivity index (χ1n) is 12.5. The minimum absolute atomic E-state index is 0.106. The Morgan fingerprint density at radius 2 is 1.97 bits per heavy atom. The summed E-state index contributed by atoms with van der Waals surface area (Å²) in [6.07, 6.45) is 5.83. The number of rotatable bonds is 6. The molecule has 1 saturated heterocycles. The van der Waals surface area contributed by atoms with Gasteiger partial charge in [-0.05, 0) is 73.4 Å². The van der Waals surface area contributed by atoms with Crippen LogP contribution >= 0.6 is 11.6 Å². The van der Waals surface area contributed by atoms with Gasteiger partial charge in [0.2, 0.25) is 11.9 Å². The monoisotopic (exact) mass is 479 g/mol. The Hall–Kier alpha value is -2.73. The van der Waals surface area contributed by atoms with E-state index in [0.29, 0.717) is 29.4 Å². The molecule has 1 aromatic heterocycles. The molecule has 2 heterocycles. The average molecular weight is 480 g/mol. The van der Waals surface area contributed by atoms with Gasteiger partial charge in [0, 0.05) is 31.2 Å². The van der Waals surface area contributed by atoms with E-state index in [9.17, 15) is 4.79 Å². The lowest BCUT2D eigenvalue weighted by molar-refractivity contribution is -0.128. The summed E-state index contributed by atoms with van der Waals surface area (Å²) in [6.45, 7) is 7.16. The number of benzene rings is 2. The molecule has 7 heteroatoms. The molecule has 34 heavy (non-hydrogen) atoms. The minimum Gasteiger partial charge on any atom is -0.371 e. The summed E-state index contributed by atoms with van der Waals surface area (Å²) >= 11 is 6.48. The maximum absolute atomic E-state index is 12.8. The number of aromatic amines is 1. The molecule has 5 rings (SSSR count). The molecule has 2 fully saturated rings. The highest BCUT2D eigenvalue weighted by molar-refractivity contribution is 6.33. The molecule has 3 atom stereocenters. The number of carbonyl (C=O) groups is 1. The van der Waals surface area contributed by atoms with Gasteiger partial charge in [-0.25, -0.2) is 4.98 Å². The van der Waals surface area contributed by atoms with Crippen LogP contribution in [0.5, 0.6) is 0 Å². The van der Waals surface area contributed by atoms with Gasteiger partial charge in [-0.15, -0.1) is 0 Å². The second-order valence-corrected chi connectivity index (χ2v) is 10.5. The van der Waals surface area contributed by atoms with Crippen LogP contribution < -0.4 is 15.5 Å². The van der Waals surface area contributed by atoms with E-state index in [4.69, 9.17) is 11.6 Å². The van der Waals surface area contributed by atoms with Crippen molar-refractivity contribution in [2.75, 3.05) is 23.3 Å². The lowest BCUT2D eigenvalue weighted by Gasteiger charge is -2.31. The highest BCUT2D eigenvalue weighted by atomic mass is 35.5. The van der Waals surface area contributed by atoms with Gasteiger partial charge in [0.25, 0.3) is 0 Å². The molecule has 3 N–H and O–H groups in total. The molecule has 1 amide bonds. The van der Waals surface area contributed by atoms with Crippen molar-refractivity contribution in [3.8, 4) is 0 Å². The molecule has 180 valence electrons. The first-order chi connectivity index (χ1) is 16.5. The van der Waals surface area contributed by atoms with E-state index >= 15 is 0 Å². The molecule has 1 aliphatic carbocycles. The number of imidazole rings is 1. The zero-order valence-corrected chi connectivity index (χ0v) is 20.8. The van der Waals surface area contributed by atoms with Crippen molar-refractivity contribution in [3.05, 3.63) is 47.0 Å². The Labute approximate surface area is 206 Å². The van der Waals surface area contributed by atoms with E-state index in [2.05, 4.69) is 57.5 Å². The quantitative estimate of drug-likeness (QED) is 0.390. The van der Waals surface area contributed by atoms with E-state index in [1.165, 1.54) is 24.9 Å². The zero-order valence-electron chi connectivity index (χ0n) is 20.0. The van der Waals surface area contributed by atoms with E-state index in [-0.39, 0.29) is 11.8 Å². The van der Waals surface area contributed by atoms with E-state index in [1.807, 2.05) is 18.2 Å². The maximum atomic E-state index is 12.8. The van der Waals surface area contributed by atoms with Crippen molar-refractivity contribution in [3.63, 3.8) is 0 Å². The van der Waals surface area contributed by atoms with Crippen LogP contribution in [0.15, 0.2) is 36.4 Å². The summed E-state index contributed by atoms with van der Waals surface area (Å²) in [5, 5.41) is 7.09. The number of hydrogen-bond donors (Lipinski definition) is 3. The number of H-pyrrole nitrogens is 1. The second kappa shape index (κ2) is 9.87. The van der Waals surface area contributed by atoms with Gasteiger partial charge in [0.1, 0.15) is 0 Å². The predicted molar refractivity (Wildman–Crippen MR) is 140 cm³/mol. The van der Waals surface area contributed by atoms with Crippen LogP contribution in [0.25, 0.3) is 11.0 Å². The average Bonchev–Trinajstić information content (AvgIpc) is 3.50. The van der Waals surface area contributed by atoms with Gasteiger partial charge in [0.05, 0.1) is 21.7 Å². The number of amides is 1. The Balaban J connectivity index is 1.26. The Morgan fingerprint density at radius 1 is 1.15 bits per heavy atom. The molecular formula is C27H34ClN5O. The normalized spacial score (nSPS) is 22.8. The van der Waals surface area contributed by atoms with E-state index in [1.54, 1.807) is 0 Å². The van der Waals surface area contributed by atoms with Crippen molar-refractivity contribution < 1.29 is 4.79 Å². The highest BCUT2D eigenvalue weighted by Crippen LogP contribution is 2.34. The van der Waals surface area contributed by atoms with Crippen LogP contribution in [0, 0.1) is 17.8 Å². The molecule has 1 unspecified atom stereocenters. The fourth-order valence-corrected chi connectivity index (χ4v) is 5.52. The number of nitrogens with zero attached hydrogens (tertiary/aromatic N) is 2. The smallest absolute Gasteiger partial charge is 0.223 e. The fraction of sp³-hybridized carbons (Fsp3) is 0.481. The second-order valence-electron chi connectivity index (χ2n) is 10.1. The summed E-state index contributed by atoms with van der Waals surface area (Å²) in [5.41, 5.74) is 4.93. The molecule has 2 aromatic carbocycles. The molecule has 6 nitrogen and oxygen atoms in total. The third kappa shape index (κ3) is 5.02. The van der Waals surface area contributed by atoms with Gasteiger partial charge < -0.3 is 20.5 Å². The lowest BCUT2D eigenvalue weighted by atomic mass is 9.75. The molecule has 1 saturated carbocycles. The largest absolute Gasteiger partial charge is 0.371 e. The topological polar surface area (TPSA) is 73.1 Å². The van der Waals surface area contributed by atoms with Gasteiger partial charge >= 0.3 is 0 Å². The number of nitrogens with one attached hydrogen (secondary N) is 3. The summed E-state index contributed by atoms with van der Waals surface area (Å²) in [5.74, 6) is 1.98. The molecule has 3 aromatic rings.